The SMILES string of the molecule is CCCCCCCCCCCCCCCCCCCCC/C=C/C(O)C(COC1OC(CO)C(O)C(O)C1O)NC(=O)CCCCCCCCCCCCCCCCCCCCCCCCCCCCCC. The van der Waals surface area contributed by atoms with Crippen molar-refractivity contribution in [1.29, 1.82) is 0 Å². The molecule has 9 nitrogen and oxygen atoms in total. The standard InChI is InChI=1S/C63H123NO8/c1-3-5-7-9-11-13-15-17-19-21-23-25-26-27-28-29-30-31-33-35-37-39-41-43-45-47-49-51-53-59(67)64-56(55-71-63-62(70)61(69)60(68)58(54-65)72-63)57(66)52-50-48-46-44-42-40-38-36-34-32-24-22-20-18-16-14-12-10-8-6-4-2/h50,52,56-58,60-63,65-66,68-70H,3-49,51,53-55H2,1-2H3,(H,64,67)/b52-50+. The van der Waals surface area contributed by atoms with Crippen molar-refractivity contribution in [3.8, 4) is 0 Å². The zero-order chi connectivity index (χ0) is 52.2. The van der Waals surface area contributed by atoms with E-state index in [1.807, 2.05) is 6.08 Å². The van der Waals surface area contributed by atoms with E-state index in [9.17, 15) is 30.3 Å². The van der Waals surface area contributed by atoms with Crippen LogP contribution >= 0.6 is 0 Å². The van der Waals surface area contributed by atoms with Gasteiger partial charge < -0.3 is 40.3 Å². The van der Waals surface area contributed by atoms with Crippen molar-refractivity contribution in [2.45, 2.75) is 371 Å². The Morgan fingerprint density at radius 2 is 0.764 bits per heavy atom. The molecule has 0 saturated carbocycles. The molecule has 1 aliphatic heterocycles. The maximum Gasteiger partial charge on any atom is 0.220 e. The molecule has 1 fully saturated rings. The van der Waals surface area contributed by atoms with Crippen LogP contribution in [0.4, 0.5) is 0 Å². The Hall–Kier alpha value is -1.07. The number of rotatable bonds is 56. The molecule has 1 rings (SSSR count). The minimum atomic E-state index is -1.56. The fourth-order valence-corrected chi connectivity index (χ4v) is 10.6. The van der Waals surface area contributed by atoms with Crippen molar-refractivity contribution in [2.75, 3.05) is 13.2 Å². The van der Waals surface area contributed by atoms with Gasteiger partial charge in [0.15, 0.2) is 6.29 Å². The molecule has 0 aromatic heterocycles. The minimum absolute atomic E-state index is 0.168. The Morgan fingerprint density at radius 1 is 0.458 bits per heavy atom. The monoisotopic (exact) mass is 1020 g/mol. The van der Waals surface area contributed by atoms with Gasteiger partial charge in [0, 0.05) is 6.42 Å². The topological polar surface area (TPSA) is 149 Å². The number of amides is 1. The summed E-state index contributed by atoms with van der Waals surface area (Å²) in [5, 5.41) is 54.6. The molecule has 1 amide bonds. The third kappa shape index (κ3) is 42.1. The van der Waals surface area contributed by atoms with Gasteiger partial charge in [0.1, 0.15) is 24.4 Å². The van der Waals surface area contributed by atoms with Crippen LogP contribution in [0, 0.1) is 0 Å². The molecule has 0 aromatic rings. The molecular weight excluding hydrogens is 899 g/mol. The Bertz CT molecular complexity index is 1140. The van der Waals surface area contributed by atoms with Crippen LogP contribution in [-0.4, -0.2) is 87.5 Å². The molecule has 7 atom stereocenters. The van der Waals surface area contributed by atoms with Crippen molar-refractivity contribution >= 4 is 5.91 Å². The third-order valence-corrected chi connectivity index (χ3v) is 15.6. The van der Waals surface area contributed by atoms with Gasteiger partial charge in [-0.15, -0.1) is 0 Å². The van der Waals surface area contributed by atoms with Gasteiger partial charge in [0.25, 0.3) is 0 Å². The average molecular weight is 1020 g/mol. The minimum Gasteiger partial charge on any atom is -0.394 e. The Kier molecular flexibility index (Phi) is 51.1. The van der Waals surface area contributed by atoms with Crippen molar-refractivity contribution in [3.63, 3.8) is 0 Å². The lowest BCUT2D eigenvalue weighted by atomic mass is 9.99. The second-order valence-corrected chi connectivity index (χ2v) is 22.6. The summed E-state index contributed by atoms with van der Waals surface area (Å²) in [6.45, 7) is 3.83. The summed E-state index contributed by atoms with van der Waals surface area (Å²) in [6.07, 6.45) is 60.1. The molecule has 428 valence electrons. The summed E-state index contributed by atoms with van der Waals surface area (Å²) < 4.78 is 11.3. The molecule has 0 aliphatic carbocycles. The highest BCUT2D eigenvalue weighted by molar-refractivity contribution is 5.76. The number of carbonyl (C=O) groups is 1. The summed E-state index contributed by atoms with van der Waals surface area (Å²) in [5.41, 5.74) is 0. The quantitative estimate of drug-likeness (QED) is 0.0261. The van der Waals surface area contributed by atoms with E-state index in [4.69, 9.17) is 9.47 Å². The number of hydrogen-bond donors (Lipinski definition) is 6. The van der Waals surface area contributed by atoms with E-state index >= 15 is 0 Å². The number of ether oxygens (including phenoxy) is 2. The largest absolute Gasteiger partial charge is 0.394 e. The van der Waals surface area contributed by atoms with Crippen LogP contribution in [0.3, 0.4) is 0 Å². The van der Waals surface area contributed by atoms with Gasteiger partial charge in [-0.3, -0.25) is 4.79 Å². The van der Waals surface area contributed by atoms with E-state index in [0.29, 0.717) is 6.42 Å². The van der Waals surface area contributed by atoms with Gasteiger partial charge in [-0.1, -0.05) is 315 Å². The Balaban J connectivity index is 2.15. The Labute approximate surface area is 446 Å². The molecule has 0 bridgehead atoms. The van der Waals surface area contributed by atoms with Crippen LogP contribution in [0.15, 0.2) is 12.2 Å². The van der Waals surface area contributed by atoms with Gasteiger partial charge >= 0.3 is 0 Å². The van der Waals surface area contributed by atoms with E-state index in [2.05, 4.69) is 19.2 Å². The first-order valence-electron chi connectivity index (χ1n) is 31.9. The number of allylic oxidation sites excluding steroid dienone is 1. The van der Waals surface area contributed by atoms with Gasteiger partial charge in [-0.25, -0.2) is 0 Å². The zero-order valence-corrected chi connectivity index (χ0v) is 47.7. The van der Waals surface area contributed by atoms with Crippen molar-refractivity contribution in [1.82, 2.24) is 5.32 Å². The van der Waals surface area contributed by atoms with Gasteiger partial charge in [0.2, 0.25) is 5.91 Å². The molecule has 1 heterocycles. The van der Waals surface area contributed by atoms with Crippen molar-refractivity contribution < 1.29 is 39.8 Å². The average Bonchev–Trinajstić information content (AvgIpc) is 3.38. The van der Waals surface area contributed by atoms with Gasteiger partial charge in [0.05, 0.1) is 25.4 Å². The number of nitrogens with one attached hydrogen (secondary N) is 1. The fraction of sp³-hybridized carbons (Fsp3) is 0.952. The molecule has 1 saturated heterocycles. The highest BCUT2D eigenvalue weighted by atomic mass is 16.7. The van der Waals surface area contributed by atoms with Crippen LogP contribution in [0.2, 0.25) is 0 Å². The van der Waals surface area contributed by atoms with Gasteiger partial charge in [-0.05, 0) is 19.3 Å². The fourth-order valence-electron chi connectivity index (χ4n) is 10.6. The molecule has 6 N–H and O–H groups in total. The van der Waals surface area contributed by atoms with E-state index < -0.39 is 49.5 Å². The van der Waals surface area contributed by atoms with E-state index in [1.54, 1.807) is 6.08 Å². The molecule has 0 aromatic carbocycles. The maximum atomic E-state index is 13.1. The van der Waals surface area contributed by atoms with Crippen molar-refractivity contribution in [3.05, 3.63) is 12.2 Å². The molecule has 7 unspecified atom stereocenters. The van der Waals surface area contributed by atoms with Gasteiger partial charge in [-0.2, -0.15) is 0 Å². The molecule has 0 spiro atoms. The van der Waals surface area contributed by atoms with Crippen LogP contribution in [0.5, 0.6) is 0 Å². The summed E-state index contributed by atoms with van der Waals surface area (Å²) in [7, 11) is 0. The van der Waals surface area contributed by atoms with Crippen LogP contribution < -0.4 is 5.32 Å². The number of unbranched alkanes of at least 4 members (excludes halogenated alkanes) is 46. The molecule has 9 heteroatoms. The van der Waals surface area contributed by atoms with Crippen LogP contribution in [0.25, 0.3) is 0 Å². The maximum absolute atomic E-state index is 13.1. The lowest BCUT2D eigenvalue weighted by molar-refractivity contribution is -0.302. The molecule has 0 radical (unpaired) electrons. The highest BCUT2D eigenvalue weighted by Gasteiger charge is 2.44. The molecular formula is C63H123NO8. The number of carbonyl (C=O) groups excluding carboxylic acids is 1. The first-order valence-corrected chi connectivity index (χ1v) is 31.9. The molecule has 72 heavy (non-hydrogen) atoms. The summed E-state index contributed by atoms with van der Waals surface area (Å²) in [6, 6.07) is -0.801. The normalized spacial score (nSPS) is 19.1. The van der Waals surface area contributed by atoms with Crippen LogP contribution in [0.1, 0.15) is 328 Å². The summed E-state index contributed by atoms with van der Waals surface area (Å²) in [5.74, 6) is -0.168. The number of aliphatic hydroxyl groups is 5. The molecule has 1 aliphatic rings. The summed E-state index contributed by atoms with van der Waals surface area (Å²) >= 11 is 0. The number of hydrogen-bond acceptors (Lipinski definition) is 8. The first-order chi connectivity index (χ1) is 35.3. The second kappa shape index (κ2) is 53.3. The predicted molar refractivity (Wildman–Crippen MR) is 304 cm³/mol. The predicted octanol–water partition coefficient (Wildman–Crippen LogP) is 16.4. The zero-order valence-electron chi connectivity index (χ0n) is 47.7. The van der Waals surface area contributed by atoms with Crippen molar-refractivity contribution in [2.24, 2.45) is 0 Å². The Morgan fingerprint density at radius 3 is 1.08 bits per heavy atom. The lowest BCUT2D eigenvalue weighted by Gasteiger charge is -2.40. The van der Waals surface area contributed by atoms with Crippen LogP contribution in [-0.2, 0) is 14.3 Å². The smallest absolute Gasteiger partial charge is 0.220 e. The number of aliphatic hydroxyl groups excluding tert-OH is 5. The van der Waals surface area contributed by atoms with E-state index in [0.717, 1.165) is 38.5 Å². The van der Waals surface area contributed by atoms with E-state index in [-0.39, 0.29) is 12.5 Å². The lowest BCUT2D eigenvalue weighted by Crippen LogP contribution is -2.60. The second-order valence-electron chi connectivity index (χ2n) is 22.6. The summed E-state index contributed by atoms with van der Waals surface area (Å²) in [4.78, 5) is 13.1. The van der Waals surface area contributed by atoms with E-state index in [1.165, 1.54) is 270 Å². The third-order valence-electron chi connectivity index (χ3n) is 15.6. The first kappa shape index (κ1) is 68.9. The highest BCUT2D eigenvalue weighted by Crippen LogP contribution is 2.23.